The van der Waals surface area contributed by atoms with E-state index in [4.69, 9.17) is 7.16 Å². The van der Waals surface area contributed by atoms with Crippen molar-refractivity contribution in [2.24, 2.45) is 0 Å². The van der Waals surface area contributed by atoms with Crippen molar-refractivity contribution in [3.8, 4) is 44.5 Å². The van der Waals surface area contributed by atoms with Gasteiger partial charge in [-0.1, -0.05) is 158 Å². The van der Waals surface area contributed by atoms with Gasteiger partial charge in [0.25, 0.3) is 0 Å². The zero-order valence-corrected chi connectivity index (χ0v) is 26.4. The lowest BCUT2D eigenvalue weighted by atomic mass is 9.83. The molecule has 0 aliphatic carbocycles. The first-order valence-corrected chi connectivity index (χ1v) is 16.5. The number of rotatable bonds is 4. The van der Waals surface area contributed by atoms with Gasteiger partial charge in [-0.3, -0.25) is 0 Å². The summed E-state index contributed by atoms with van der Waals surface area (Å²) in [5, 5.41) is 8.68. The van der Waals surface area contributed by atoms with Crippen LogP contribution < -0.4 is 0 Å². The highest BCUT2D eigenvalue weighted by molar-refractivity contribution is 6.23. The molecule has 0 radical (unpaired) electrons. The van der Waals surface area contributed by atoms with Gasteiger partial charge in [-0.25, -0.2) is 0 Å². The van der Waals surface area contributed by atoms with E-state index in [1.165, 1.54) is 5.39 Å². The molecule has 1 aromatic heterocycles. The fraction of sp³-hybridized carbons (Fsp3) is 0. The first-order chi connectivity index (χ1) is 26.0. The van der Waals surface area contributed by atoms with Gasteiger partial charge in [0.15, 0.2) is 0 Å². The summed E-state index contributed by atoms with van der Waals surface area (Å²) >= 11 is 0. The highest BCUT2D eigenvalue weighted by Gasteiger charge is 2.20. The average Bonchev–Trinajstić information content (AvgIpc) is 3.55. The molecule has 0 fully saturated rings. The van der Waals surface area contributed by atoms with Gasteiger partial charge < -0.3 is 4.42 Å². The van der Waals surface area contributed by atoms with Crippen LogP contribution in [-0.2, 0) is 0 Å². The lowest BCUT2D eigenvalue weighted by Crippen LogP contribution is -1.92. The summed E-state index contributed by atoms with van der Waals surface area (Å²) < 4.78 is 43.0. The molecule has 0 atom stereocenters. The Labute approximate surface area is 289 Å². The zero-order valence-electron chi connectivity index (χ0n) is 30.4. The van der Waals surface area contributed by atoms with Crippen LogP contribution in [0.2, 0.25) is 0 Å². The Kier molecular flexibility index (Phi) is 5.38. The molecule has 0 N–H and O–H groups in total. The normalized spacial score (nSPS) is 12.8. The van der Waals surface area contributed by atoms with Crippen molar-refractivity contribution in [2.45, 2.75) is 0 Å². The number of hydrogen-bond donors (Lipinski definition) is 0. The molecule has 1 heterocycles. The maximum Gasteiger partial charge on any atom is 0.136 e. The molecule has 49 heavy (non-hydrogen) atoms. The third-order valence-electron chi connectivity index (χ3n) is 9.71. The smallest absolute Gasteiger partial charge is 0.136 e. The van der Waals surface area contributed by atoms with Crippen molar-refractivity contribution in [3.05, 3.63) is 182 Å². The molecule has 0 aliphatic rings. The topological polar surface area (TPSA) is 13.1 Å². The van der Waals surface area contributed by atoms with Gasteiger partial charge >= 0.3 is 0 Å². The zero-order chi connectivity index (χ0) is 35.8. The van der Waals surface area contributed by atoms with E-state index in [2.05, 4.69) is 97.1 Å². The first-order valence-electron chi connectivity index (χ1n) is 18.5. The summed E-state index contributed by atoms with van der Waals surface area (Å²) in [7, 11) is 0. The Morgan fingerprint density at radius 2 is 0.857 bits per heavy atom. The van der Waals surface area contributed by atoms with E-state index in [1.54, 1.807) is 0 Å². The van der Waals surface area contributed by atoms with Crippen molar-refractivity contribution >= 4 is 54.3 Å². The van der Waals surface area contributed by atoms with Crippen molar-refractivity contribution in [1.29, 1.82) is 0 Å². The van der Waals surface area contributed by atoms with Crippen LogP contribution in [0.15, 0.2) is 186 Å². The van der Waals surface area contributed by atoms with Crippen LogP contribution >= 0.6 is 0 Å². The number of hydrogen-bond acceptors (Lipinski definition) is 1. The minimum atomic E-state index is -0.0593. The monoisotopic (exact) mass is 626 g/mol. The Bertz CT molecular complexity index is 3020. The van der Waals surface area contributed by atoms with Crippen LogP contribution in [0.25, 0.3) is 98.8 Å². The van der Waals surface area contributed by atoms with E-state index in [0.29, 0.717) is 16.7 Å². The molecule has 0 unspecified atom stereocenters. The Morgan fingerprint density at radius 1 is 0.327 bits per heavy atom. The summed E-state index contributed by atoms with van der Waals surface area (Å²) in [4.78, 5) is 0. The van der Waals surface area contributed by atoms with Gasteiger partial charge in [0.05, 0.1) is 5.48 Å². The molecule has 0 amide bonds. The van der Waals surface area contributed by atoms with Gasteiger partial charge in [0.2, 0.25) is 0 Å². The Hall–Kier alpha value is -6.44. The minimum absolute atomic E-state index is 0.0535. The SMILES string of the molecule is [2H]c1c([2H])c(-c2ccccc2-c2c3ccccc3c(-c3ccc4oc5cc6ccccc6cc5c4c3)c3ccccc23)c([2H])c([2H])c1-c1ccccc1. The predicted molar refractivity (Wildman–Crippen MR) is 208 cm³/mol. The van der Waals surface area contributed by atoms with Crippen LogP contribution in [0.4, 0.5) is 0 Å². The lowest BCUT2D eigenvalue weighted by Gasteiger charge is -2.20. The van der Waals surface area contributed by atoms with Crippen molar-refractivity contribution in [1.82, 2.24) is 0 Å². The van der Waals surface area contributed by atoms with Crippen LogP contribution in [-0.4, -0.2) is 0 Å². The predicted octanol–water partition coefficient (Wildman–Crippen LogP) is 13.7. The number of fused-ring (bicyclic) bond motifs is 6. The fourth-order valence-electron chi connectivity index (χ4n) is 7.46. The van der Waals surface area contributed by atoms with Crippen LogP contribution in [0.3, 0.4) is 0 Å². The summed E-state index contributed by atoms with van der Waals surface area (Å²) in [5.41, 5.74) is 7.65. The molecule has 10 rings (SSSR count). The summed E-state index contributed by atoms with van der Waals surface area (Å²) in [6.45, 7) is 0. The van der Waals surface area contributed by atoms with Crippen LogP contribution in [0.5, 0.6) is 0 Å². The van der Waals surface area contributed by atoms with Crippen molar-refractivity contribution in [2.75, 3.05) is 0 Å². The molecule has 0 saturated heterocycles. The molecular formula is C48H30O. The van der Waals surface area contributed by atoms with Gasteiger partial charge in [-0.2, -0.15) is 0 Å². The first kappa shape index (κ1) is 23.8. The van der Waals surface area contributed by atoms with Crippen LogP contribution in [0.1, 0.15) is 5.48 Å². The Balaban J connectivity index is 1.24. The largest absolute Gasteiger partial charge is 0.456 e. The molecule has 1 nitrogen and oxygen atoms in total. The Morgan fingerprint density at radius 3 is 1.55 bits per heavy atom. The standard InChI is InChI=1S/C48H30O/c1-2-12-31(13-3-1)32-22-24-33(25-23-32)37-16-6-7-17-38(37)48-41-20-10-8-18-39(41)47(40-19-9-11-21-42(40)48)36-26-27-45-43(29-36)44-28-34-14-4-5-15-35(34)30-46(44)49-45/h1-30H/i22D,23D,24D,25D. The summed E-state index contributed by atoms with van der Waals surface area (Å²) in [5.74, 6) is 0. The number of furan rings is 1. The number of benzene rings is 9. The minimum Gasteiger partial charge on any atom is -0.456 e. The van der Waals surface area contributed by atoms with Crippen molar-refractivity contribution < 1.29 is 9.90 Å². The van der Waals surface area contributed by atoms with Crippen molar-refractivity contribution in [3.63, 3.8) is 0 Å². The molecule has 10 aromatic rings. The van der Waals surface area contributed by atoms with Gasteiger partial charge in [-0.05, 0) is 101 Å². The molecule has 0 aliphatic heterocycles. The molecule has 1 heteroatoms. The third kappa shape index (κ3) is 4.47. The van der Waals surface area contributed by atoms with E-state index in [0.717, 1.165) is 71.1 Å². The summed E-state index contributed by atoms with van der Waals surface area (Å²) in [6.07, 6.45) is 0. The fourth-order valence-corrected chi connectivity index (χ4v) is 7.46. The van der Waals surface area contributed by atoms with Gasteiger partial charge in [0, 0.05) is 10.8 Å². The van der Waals surface area contributed by atoms with E-state index in [9.17, 15) is 2.74 Å². The van der Waals surface area contributed by atoms with E-state index >= 15 is 0 Å². The molecule has 228 valence electrons. The maximum absolute atomic E-state index is 9.25. The summed E-state index contributed by atoms with van der Waals surface area (Å²) in [6, 6.07) is 52.8. The molecule has 9 aromatic carbocycles. The second-order valence-corrected chi connectivity index (χ2v) is 12.5. The molecule has 0 spiro atoms. The quantitative estimate of drug-likeness (QED) is 0.177. The van der Waals surface area contributed by atoms with Crippen LogP contribution in [0, 0.1) is 0 Å². The van der Waals surface area contributed by atoms with E-state index < -0.39 is 0 Å². The van der Waals surface area contributed by atoms with E-state index in [1.807, 2.05) is 60.7 Å². The second kappa shape index (κ2) is 11.1. The molecular weight excluding hydrogens is 593 g/mol. The third-order valence-corrected chi connectivity index (χ3v) is 9.71. The molecule has 0 saturated carbocycles. The molecule has 0 bridgehead atoms. The highest BCUT2D eigenvalue weighted by Crippen LogP contribution is 2.47. The van der Waals surface area contributed by atoms with Gasteiger partial charge in [0.1, 0.15) is 11.2 Å². The highest BCUT2D eigenvalue weighted by atomic mass is 16.3. The van der Waals surface area contributed by atoms with E-state index in [-0.39, 0.29) is 29.7 Å². The second-order valence-electron chi connectivity index (χ2n) is 12.5. The average molecular weight is 627 g/mol. The van der Waals surface area contributed by atoms with Gasteiger partial charge in [-0.15, -0.1) is 0 Å². The lowest BCUT2D eigenvalue weighted by molar-refractivity contribution is 0.669. The maximum atomic E-state index is 9.25.